The second-order valence-electron chi connectivity index (χ2n) is 7.28. The molecule has 0 radical (unpaired) electrons. The molecule has 0 aliphatic carbocycles. The number of methoxy groups -OCH3 is 1. The Bertz CT molecular complexity index is 1240. The fraction of sp³-hybridized carbons (Fsp3) is 0.208. The van der Waals surface area contributed by atoms with Crippen molar-refractivity contribution in [3.8, 4) is 28.6 Å². The van der Waals surface area contributed by atoms with Crippen LogP contribution in [0.2, 0.25) is 5.15 Å². The molecule has 2 aromatic carbocycles. The van der Waals surface area contributed by atoms with E-state index in [1.54, 1.807) is 30.3 Å². The molecule has 1 saturated heterocycles. The normalized spacial score (nSPS) is 13.9. The number of nitrogens with zero attached hydrogens (tertiary/aromatic N) is 4. The molecule has 0 bridgehead atoms. The predicted molar refractivity (Wildman–Crippen MR) is 122 cm³/mol. The highest BCUT2D eigenvalue weighted by Gasteiger charge is 2.26. The molecule has 1 aliphatic rings. The summed E-state index contributed by atoms with van der Waals surface area (Å²) in [4.78, 5) is 8.45. The lowest BCUT2D eigenvalue weighted by atomic mass is 10.0. The number of rotatable bonds is 7. The van der Waals surface area contributed by atoms with Gasteiger partial charge in [0.25, 0.3) is 5.95 Å². The molecule has 0 unspecified atom stereocenters. The Labute approximate surface area is 195 Å². The number of ether oxygens (including phenoxy) is 4. The topological polar surface area (TPSA) is 80.5 Å². The minimum atomic E-state index is -0.530. The Morgan fingerprint density at radius 3 is 2.67 bits per heavy atom. The SMILES string of the molecule is COc1ccc(COc2cccc(-c3cnn(-c4nccc(Cl)n4)c3)c2C2OCCO2)cc1. The van der Waals surface area contributed by atoms with Crippen LogP contribution in [-0.2, 0) is 16.1 Å². The Kier molecular flexibility index (Phi) is 6.21. The molecule has 5 rings (SSSR count). The van der Waals surface area contributed by atoms with Crippen molar-refractivity contribution in [3.63, 3.8) is 0 Å². The van der Waals surface area contributed by atoms with Crippen molar-refractivity contribution in [2.24, 2.45) is 0 Å². The number of halogens is 1. The molecule has 0 spiro atoms. The first-order valence-corrected chi connectivity index (χ1v) is 10.7. The van der Waals surface area contributed by atoms with Crippen molar-refractivity contribution >= 4 is 11.6 Å². The average molecular weight is 465 g/mol. The van der Waals surface area contributed by atoms with Crippen molar-refractivity contribution in [1.82, 2.24) is 19.7 Å². The summed E-state index contributed by atoms with van der Waals surface area (Å²) in [5, 5.41) is 4.76. The Hall–Kier alpha value is -3.46. The Balaban J connectivity index is 1.47. The van der Waals surface area contributed by atoms with Crippen LogP contribution in [0.15, 0.2) is 67.1 Å². The summed E-state index contributed by atoms with van der Waals surface area (Å²) in [6, 6.07) is 15.2. The minimum absolute atomic E-state index is 0.347. The summed E-state index contributed by atoms with van der Waals surface area (Å²) in [7, 11) is 1.64. The summed E-state index contributed by atoms with van der Waals surface area (Å²) in [6.07, 6.45) is 4.64. The summed E-state index contributed by atoms with van der Waals surface area (Å²) >= 11 is 6.00. The molecule has 0 amide bonds. The summed E-state index contributed by atoms with van der Waals surface area (Å²) in [5.41, 5.74) is 3.58. The van der Waals surface area contributed by atoms with Crippen LogP contribution in [0, 0.1) is 0 Å². The van der Waals surface area contributed by atoms with Crippen LogP contribution < -0.4 is 9.47 Å². The molecule has 4 aromatic rings. The zero-order chi connectivity index (χ0) is 22.6. The molecule has 33 heavy (non-hydrogen) atoms. The average Bonchev–Trinajstić information content (AvgIpc) is 3.55. The van der Waals surface area contributed by atoms with E-state index in [1.165, 1.54) is 0 Å². The first-order valence-electron chi connectivity index (χ1n) is 10.4. The number of hydrogen-bond acceptors (Lipinski definition) is 7. The van der Waals surface area contributed by atoms with Crippen LogP contribution >= 0.6 is 11.6 Å². The first kappa shape index (κ1) is 21.4. The minimum Gasteiger partial charge on any atom is -0.497 e. The molecule has 0 N–H and O–H groups in total. The van der Waals surface area contributed by atoms with Gasteiger partial charge in [0.15, 0.2) is 6.29 Å². The van der Waals surface area contributed by atoms with Crippen LogP contribution in [0.5, 0.6) is 11.5 Å². The van der Waals surface area contributed by atoms with Crippen molar-refractivity contribution in [2.45, 2.75) is 12.9 Å². The zero-order valence-corrected chi connectivity index (χ0v) is 18.6. The second-order valence-corrected chi connectivity index (χ2v) is 7.67. The van der Waals surface area contributed by atoms with E-state index in [-0.39, 0.29) is 0 Å². The smallest absolute Gasteiger partial charge is 0.251 e. The predicted octanol–water partition coefficient (Wildman–Crippen LogP) is 4.62. The molecule has 9 heteroatoms. The van der Waals surface area contributed by atoms with Gasteiger partial charge < -0.3 is 18.9 Å². The second kappa shape index (κ2) is 9.58. The molecular formula is C24H21ClN4O4. The lowest BCUT2D eigenvalue weighted by molar-refractivity contribution is -0.0454. The number of benzene rings is 2. The van der Waals surface area contributed by atoms with Gasteiger partial charge in [0.05, 0.1) is 32.1 Å². The summed E-state index contributed by atoms with van der Waals surface area (Å²) in [6.45, 7) is 1.43. The van der Waals surface area contributed by atoms with E-state index in [0.717, 1.165) is 28.0 Å². The lowest BCUT2D eigenvalue weighted by Gasteiger charge is -2.19. The summed E-state index contributed by atoms with van der Waals surface area (Å²) < 4.78 is 24.7. The monoisotopic (exact) mass is 464 g/mol. The number of aromatic nitrogens is 4. The van der Waals surface area contributed by atoms with Gasteiger partial charge in [-0.25, -0.2) is 9.67 Å². The van der Waals surface area contributed by atoms with Gasteiger partial charge in [-0.1, -0.05) is 35.9 Å². The third-order valence-electron chi connectivity index (χ3n) is 5.18. The van der Waals surface area contributed by atoms with E-state index in [4.69, 9.17) is 30.5 Å². The van der Waals surface area contributed by atoms with Gasteiger partial charge in [-0.05, 0) is 35.4 Å². The van der Waals surface area contributed by atoms with Gasteiger partial charge >= 0.3 is 0 Å². The fourth-order valence-corrected chi connectivity index (χ4v) is 3.71. The van der Waals surface area contributed by atoms with E-state index >= 15 is 0 Å². The van der Waals surface area contributed by atoms with Crippen LogP contribution in [0.25, 0.3) is 17.1 Å². The molecule has 1 fully saturated rings. The van der Waals surface area contributed by atoms with E-state index in [0.29, 0.717) is 36.7 Å². The van der Waals surface area contributed by atoms with Crippen molar-refractivity contribution < 1.29 is 18.9 Å². The third-order valence-corrected chi connectivity index (χ3v) is 5.39. The van der Waals surface area contributed by atoms with Gasteiger partial charge in [0.1, 0.15) is 23.3 Å². The summed E-state index contributed by atoms with van der Waals surface area (Å²) in [5.74, 6) is 1.87. The molecule has 8 nitrogen and oxygen atoms in total. The van der Waals surface area contributed by atoms with Crippen molar-refractivity contribution in [1.29, 1.82) is 0 Å². The molecule has 168 valence electrons. The lowest BCUT2D eigenvalue weighted by Crippen LogP contribution is -2.06. The molecule has 0 atom stereocenters. The zero-order valence-electron chi connectivity index (χ0n) is 17.8. The standard InChI is InChI=1S/C24H21ClN4O4/c1-30-18-7-5-16(6-8-18)15-33-20-4-2-3-19(22(20)23-31-11-12-32-23)17-13-27-29(14-17)24-26-10-9-21(25)28-24/h2-10,13-14,23H,11-12,15H2,1H3. The van der Waals surface area contributed by atoms with Gasteiger partial charge in [-0.15, -0.1) is 0 Å². The first-order chi connectivity index (χ1) is 16.2. The quantitative estimate of drug-likeness (QED) is 0.369. The maximum atomic E-state index is 6.21. The molecule has 2 aromatic heterocycles. The highest BCUT2D eigenvalue weighted by atomic mass is 35.5. The fourth-order valence-electron chi connectivity index (χ4n) is 3.58. The van der Waals surface area contributed by atoms with E-state index < -0.39 is 6.29 Å². The highest BCUT2D eigenvalue weighted by Crippen LogP contribution is 2.39. The van der Waals surface area contributed by atoms with Crippen LogP contribution in [-0.4, -0.2) is 40.1 Å². The van der Waals surface area contributed by atoms with E-state index in [1.807, 2.05) is 48.7 Å². The number of hydrogen-bond donors (Lipinski definition) is 0. The maximum absolute atomic E-state index is 6.21. The largest absolute Gasteiger partial charge is 0.497 e. The van der Waals surface area contributed by atoms with E-state index in [9.17, 15) is 0 Å². The Morgan fingerprint density at radius 1 is 1.09 bits per heavy atom. The molecule has 1 aliphatic heterocycles. The van der Waals surface area contributed by atoms with Crippen molar-refractivity contribution in [2.75, 3.05) is 20.3 Å². The highest BCUT2D eigenvalue weighted by molar-refractivity contribution is 6.29. The maximum Gasteiger partial charge on any atom is 0.251 e. The van der Waals surface area contributed by atoms with E-state index in [2.05, 4.69) is 15.1 Å². The van der Waals surface area contributed by atoms with Gasteiger partial charge in [0, 0.05) is 18.0 Å². The third kappa shape index (κ3) is 4.68. The van der Waals surface area contributed by atoms with Crippen LogP contribution in [0.3, 0.4) is 0 Å². The van der Waals surface area contributed by atoms with Gasteiger partial charge in [-0.2, -0.15) is 10.1 Å². The Morgan fingerprint density at radius 2 is 1.91 bits per heavy atom. The molecular weight excluding hydrogens is 444 g/mol. The van der Waals surface area contributed by atoms with Crippen LogP contribution in [0.4, 0.5) is 0 Å². The molecule has 0 saturated carbocycles. The van der Waals surface area contributed by atoms with Gasteiger partial charge in [0.2, 0.25) is 0 Å². The van der Waals surface area contributed by atoms with Crippen LogP contribution in [0.1, 0.15) is 17.4 Å². The van der Waals surface area contributed by atoms with Crippen molar-refractivity contribution in [3.05, 3.63) is 83.4 Å². The molecule has 3 heterocycles. The van der Waals surface area contributed by atoms with Gasteiger partial charge in [-0.3, -0.25) is 0 Å².